The van der Waals surface area contributed by atoms with Crippen molar-refractivity contribution < 1.29 is 5.11 Å². The lowest BCUT2D eigenvalue weighted by Gasteiger charge is -2.19. The number of nitrogens with one attached hydrogen (secondary N) is 1. The van der Waals surface area contributed by atoms with Crippen LogP contribution in [0.5, 0.6) is 0 Å². The fraction of sp³-hybridized carbons (Fsp3) is 0.385. The minimum atomic E-state index is -0.378. The van der Waals surface area contributed by atoms with Gasteiger partial charge in [0.25, 0.3) is 5.56 Å². The lowest BCUT2D eigenvalue weighted by atomic mass is 9.95. The quantitative estimate of drug-likeness (QED) is 0.794. The molecule has 0 aliphatic heterocycles. The van der Waals surface area contributed by atoms with Crippen LogP contribution in [0.25, 0.3) is 5.82 Å². The first-order chi connectivity index (χ1) is 8.66. The number of nitrogens with zero attached hydrogens (tertiary/aromatic N) is 2. The average Bonchev–Trinajstić information content (AvgIpc) is 2.69. The number of aliphatic hydroxyl groups is 1. The Morgan fingerprint density at radius 2 is 2.33 bits per heavy atom. The van der Waals surface area contributed by atoms with Crippen LogP contribution >= 0.6 is 0 Å². The SMILES string of the molecule is Cc1cc2c(n1-c1ccc(=O)[nH]n1)CCCC2O. The van der Waals surface area contributed by atoms with Crippen LogP contribution in [0.2, 0.25) is 0 Å². The van der Waals surface area contributed by atoms with Crippen LogP contribution in [-0.2, 0) is 6.42 Å². The molecule has 3 rings (SSSR count). The molecule has 5 heteroatoms. The lowest BCUT2D eigenvalue weighted by molar-refractivity contribution is 0.156. The molecule has 94 valence electrons. The molecule has 1 aliphatic rings. The maximum absolute atomic E-state index is 11.0. The van der Waals surface area contributed by atoms with E-state index in [1.807, 2.05) is 17.6 Å². The number of aliphatic hydroxyl groups excluding tert-OH is 1. The van der Waals surface area contributed by atoms with Crippen LogP contribution in [0.15, 0.2) is 23.0 Å². The average molecular weight is 245 g/mol. The topological polar surface area (TPSA) is 70.9 Å². The zero-order valence-electron chi connectivity index (χ0n) is 10.2. The number of hydrogen-bond acceptors (Lipinski definition) is 3. The van der Waals surface area contributed by atoms with E-state index < -0.39 is 0 Å². The fourth-order valence-electron chi connectivity index (χ4n) is 2.66. The summed E-state index contributed by atoms with van der Waals surface area (Å²) in [5.74, 6) is 0.697. The summed E-state index contributed by atoms with van der Waals surface area (Å²) < 4.78 is 2.01. The molecule has 2 aromatic heterocycles. The number of H-pyrrole nitrogens is 1. The van der Waals surface area contributed by atoms with Gasteiger partial charge in [0, 0.05) is 23.0 Å². The van der Waals surface area contributed by atoms with Crippen LogP contribution in [-0.4, -0.2) is 19.9 Å². The van der Waals surface area contributed by atoms with E-state index in [4.69, 9.17) is 0 Å². The maximum Gasteiger partial charge on any atom is 0.264 e. The van der Waals surface area contributed by atoms with E-state index in [0.29, 0.717) is 5.82 Å². The lowest BCUT2D eigenvalue weighted by Crippen LogP contribution is -2.14. The van der Waals surface area contributed by atoms with E-state index in [-0.39, 0.29) is 11.7 Å². The van der Waals surface area contributed by atoms with Crippen LogP contribution in [0.4, 0.5) is 0 Å². The van der Waals surface area contributed by atoms with Crippen molar-refractivity contribution in [1.29, 1.82) is 0 Å². The molecule has 0 saturated carbocycles. The number of hydrogen-bond donors (Lipinski definition) is 2. The second-order valence-electron chi connectivity index (χ2n) is 4.71. The van der Waals surface area contributed by atoms with Gasteiger partial charge in [-0.15, -0.1) is 0 Å². The molecule has 1 unspecified atom stereocenters. The van der Waals surface area contributed by atoms with Gasteiger partial charge in [-0.2, -0.15) is 5.10 Å². The molecule has 2 aromatic rings. The molecule has 0 spiro atoms. The van der Waals surface area contributed by atoms with Crippen molar-refractivity contribution in [3.05, 3.63) is 45.5 Å². The van der Waals surface area contributed by atoms with E-state index in [0.717, 1.165) is 36.2 Å². The minimum Gasteiger partial charge on any atom is -0.388 e. The molecule has 5 nitrogen and oxygen atoms in total. The fourth-order valence-corrected chi connectivity index (χ4v) is 2.66. The predicted molar refractivity (Wildman–Crippen MR) is 66.8 cm³/mol. The van der Waals surface area contributed by atoms with Gasteiger partial charge in [0.05, 0.1) is 6.10 Å². The van der Waals surface area contributed by atoms with Crippen LogP contribution in [0, 0.1) is 6.92 Å². The highest BCUT2D eigenvalue weighted by Gasteiger charge is 2.23. The Balaban J connectivity index is 2.17. The molecule has 0 fully saturated rings. The standard InChI is InChI=1S/C13H15N3O2/c1-8-7-9-10(3-2-4-11(9)17)16(8)12-5-6-13(18)15-14-12/h5-7,11,17H,2-4H2,1H3,(H,15,18). The zero-order chi connectivity index (χ0) is 12.7. The summed E-state index contributed by atoms with van der Waals surface area (Å²) in [5, 5.41) is 16.5. The van der Waals surface area contributed by atoms with E-state index in [2.05, 4.69) is 10.2 Å². The molecular formula is C13H15N3O2. The highest BCUT2D eigenvalue weighted by molar-refractivity contribution is 5.39. The Hall–Kier alpha value is -1.88. The highest BCUT2D eigenvalue weighted by Crippen LogP contribution is 2.33. The molecule has 1 aliphatic carbocycles. The van der Waals surface area contributed by atoms with E-state index >= 15 is 0 Å². The Morgan fingerprint density at radius 1 is 1.50 bits per heavy atom. The summed E-state index contributed by atoms with van der Waals surface area (Å²) >= 11 is 0. The van der Waals surface area contributed by atoms with E-state index in [1.54, 1.807) is 6.07 Å². The Kier molecular flexibility index (Phi) is 2.56. The Bertz CT molecular complexity index is 622. The molecule has 2 N–H and O–H groups in total. The molecule has 0 bridgehead atoms. The van der Waals surface area contributed by atoms with Gasteiger partial charge >= 0.3 is 0 Å². The van der Waals surface area contributed by atoms with Gasteiger partial charge in [-0.1, -0.05) is 0 Å². The number of aryl methyl sites for hydroxylation is 1. The molecule has 18 heavy (non-hydrogen) atoms. The van der Waals surface area contributed by atoms with Crippen LogP contribution < -0.4 is 5.56 Å². The van der Waals surface area contributed by atoms with E-state index in [1.165, 1.54) is 6.07 Å². The summed E-state index contributed by atoms with van der Waals surface area (Å²) in [5.41, 5.74) is 2.91. The van der Waals surface area contributed by atoms with Gasteiger partial charge < -0.3 is 9.67 Å². The molecule has 0 amide bonds. The summed E-state index contributed by atoms with van der Waals surface area (Å²) in [6.07, 6.45) is 2.34. The van der Waals surface area contributed by atoms with Crippen molar-refractivity contribution >= 4 is 0 Å². The molecule has 1 atom stereocenters. The Morgan fingerprint density at radius 3 is 3.06 bits per heavy atom. The van der Waals surface area contributed by atoms with Crippen molar-refractivity contribution in [2.24, 2.45) is 0 Å². The van der Waals surface area contributed by atoms with Gasteiger partial charge in [0.2, 0.25) is 0 Å². The monoisotopic (exact) mass is 245 g/mol. The summed E-state index contributed by atoms with van der Waals surface area (Å²) in [7, 11) is 0. The van der Waals surface area contributed by atoms with Crippen LogP contribution in [0.1, 0.15) is 35.9 Å². The second-order valence-corrected chi connectivity index (χ2v) is 4.71. The molecule has 2 heterocycles. The molecule has 0 aromatic carbocycles. The van der Waals surface area contributed by atoms with Crippen LogP contribution in [0.3, 0.4) is 0 Å². The first-order valence-electron chi connectivity index (χ1n) is 6.12. The van der Waals surface area contributed by atoms with E-state index in [9.17, 15) is 9.90 Å². The summed E-state index contributed by atoms with van der Waals surface area (Å²) in [4.78, 5) is 11.0. The van der Waals surface area contributed by atoms with Crippen molar-refractivity contribution in [2.75, 3.05) is 0 Å². The van der Waals surface area contributed by atoms with Crippen molar-refractivity contribution in [3.63, 3.8) is 0 Å². The number of aromatic nitrogens is 3. The molecule has 0 radical (unpaired) electrons. The van der Waals surface area contributed by atoms with Gasteiger partial charge in [-0.3, -0.25) is 4.79 Å². The number of rotatable bonds is 1. The first-order valence-corrected chi connectivity index (χ1v) is 6.12. The molecule has 0 saturated heterocycles. The maximum atomic E-state index is 11.0. The normalized spacial score (nSPS) is 18.7. The number of aromatic amines is 1. The predicted octanol–water partition coefficient (Wildman–Crippen LogP) is 1.24. The summed E-state index contributed by atoms with van der Waals surface area (Å²) in [6, 6.07) is 5.17. The van der Waals surface area contributed by atoms with Gasteiger partial charge in [0.15, 0.2) is 5.82 Å². The number of fused-ring (bicyclic) bond motifs is 1. The van der Waals surface area contributed by atoms with Gasteiger partial charge in [-0.05, 0) is 38.3 Å². The van der Waals surface area contributed by atoms with Crippen molar-refractivity contribution in [3.8, 4) is 5.82 Å². The third-order valence-electron chi connectivity index (χ3n) is 3.46. The van der Waals surface area contributed by atoms with Gasteiger partial charge in [0.1, 0.15) is 0 Å². The largest absolute Gasteiger partial charge is 0.388 e. The Labute approximate surface area is 104 Å². The van der Waals surface area contributed by atoms with Crippen molar-refractivity contribution in [2.45, 2.75) is 32.3 Å². The summed E-state index contributed by atoms with van der Waals surface area (Å²) in [6.45, 7) is 1.98. The first kappa shape index (κ1) is 11.2. The second kappa shape index (κ2) is 4.10. The smallest absolute Gasteiger partial charge is 0.264 e. The zero-order valence-corrected chi connectivity index (χ0v) is 10.2. The van der Waals surface area contributed by atoms with Gasteiger partial charge in [-0.25, -0.2) is 5.10 Å². The third kappa shape index (κ3) is 1.67. The minimum absolute atomic E-state index is 0.211. The van der Waals surface area contributed by atoms with Crippen molar-refractivity contribution in [1.82, 2.24) is 14.8 Å². The highest BCUT2D eigenvalue weighted by atomic mass is 16.3. The third-order valence-corrected chi connectivity index (χ3v) is 3.46. The molecular weight excluding hydrogens is 230 g/mol.